The van der Waals surface area contributed by atoms with E-state index >= 15 is 0 Å². The molecule has 0 aliphatic heterocycles. The molecule has 0 unspecified atom stereocenters. The summed E-state index contributed by atoms with van der Waals surface area (Å²) in [7, 11) is 0. The van der Waals surface area contributed by atoms with Gasteiger partial charge in [-0.15, -0.1) is 11.8 Å². The number of hydrogen-bond donors (Lipinski definition) is 2. The fourth-order valence-corrected chi connectivity index (χ4v) is 1.43. The van der Waals surface area contributed by atoms with Gasteiger partial charge in [0.15, 0.2) is 0 Å². The first-order valence-corrected chi connectivity index (χ1v) is 5.04. The van der Waals surface area contributed by atoms with E-state index in [1.165, 1.54) is 10.5 Å². The highest BCUT2D eigenvalue weighted by molar-refractivity contribution is 7.98. The van der Waals surface area contributed by atoms with Gasteiger partial charge in [0.25, 0.3) is 0 Å². The molecular formula is C8H11NS2. The highest BCUT2D eigenvalue weighted by Gasteiger charge is 1.90. The SMILES string of the molecule is CSc1ccc(CNS)cc1. The van der Waals surface area contributed by atoms with Crippen molar-refractivity contribution in [2.45, 2.75) is 11.4 Å². The fourth-order valence-electron chi connectivity index (χ4n) is 0.835. The molecule has 60 valence electrons. The molecule has 0 spiro atoms. The van der Waals surface area contributed by atoms with E-state index in [9.17, 15) is 0 Å². The number of nitrogens with one attached hydrogen (secondary N) is 1. The fraction of sp³-hybridized carbons (Fsp3) is 0.250. The molecule has 3 heteroatoms. The van der Waals surface area contributed by atoms with E-state index in [2.05, 4.69) is 48.1 Å². The molecular weight excluding hydrogens is 174 g/mol. The summed E-state index contributed by atoms with van der Waals surface area (Å²) in [5, 5.41) is 0. The average Bonchev–Trinajstić information content (AvgIpc) is 2.07. The van der Waals surface area contributed by atoms with Crippen molar-refractivity contribution in [3.63, 3.8) is 0 Å². The van der Waals surface area contributed by atoms with Gasteiger partial charge in [0.2, 0.25) is 0 Å². The molecule has 11 heavy (non-hydrogen) atoms. The Labute approximate surface area is 77.1 Å². The summed E-state index contributed by atoms with van der Waals surface area (Å²) < 4.78 is 2.81. The first-order chi connectivity index (χ1) is 5.36. The van der Waals surface area contributed by atoms with Crippen LogP contribution in [-0.2, 0) is 6.54 Å². The second kappa shape index (κ2) is 4.70. The minimum absolute atomic E-state index is 0.817. The third-order valence-corrected chi connectivity index (χ3v) is 2.34. The van der Waals surface area contributed by atoms with Gasteiger partial charge in [0.1, 0.15) is 0 Å². The van der Waals surface area contributed by atoms with E-state index in [1.807, 2.05) is 0 Å². The molecule has 1 N–H and O–H groups in total. The zero-order chi connectivity index (χ0) is 8.10. The van der Waals surface area contributed by atoms with E-state index in [-0.39, 0.29) is 0 Å². The van der Waals surface area contributed by atoms with Crippen molar-refractivity contribution >= 4 is 24.6 Å². The Hall–Kier alpha value is -0.120. The van der Waals surface area contributed by atoms with Crippen LogP contribution in [0.4, 0.5) is 0 Å². The van der Waals surface area contributed by atoms with Crippen LogP contribution in [0.2, 0.25) is 0 Å². The maximum absolute atomic E-state index is 3.93. The highest BCUT2D eigenvalue weighted by atomic mass is 32.2. The van der Waals surface area contributed by atoms with Crippen molar-refractivity contribution in [1.82, 2.24) is 4.72 Å². The first-order valence-electron chi connectivity index (χ1n) is 3.36. The number of benzene rings is 1. The van der Waals surface area contributed by atoms with Crippen LogP contribution in [0.15, 0.2) is 29.2 Å². The molecule has 0 radical (unpaired) electrons. The van der Waals surface area contributed by atoms with E-state index < -0.39 is 0 Å². The van der Waals surface area contributed by atoms with Crippen molar-refractivity contribution in [3.05, 3.63) is 29.8 Å². The number of hydrogen-bond acceptors (Lipinski definition) is 3. The number of rotatable bonds is 3. The van der Waals surface area contributed by atoms with Crippen molar-refractivity contribution in [3.8, 4) is 0 Å². The Morgan fingerprint density at radius 3 is 2.45 bits per heavy atom. The molecule has 1 aromatic carbocycles. The van der Waals surface area contributed by atoms with Crippen LogP contribution in [0.5, 0.6) is 0 Å². The predicted octanol–water partition coefficient (Wildman–Crippen LogP) is 2.34. The van der Waals surface area contributed by atoms with Gasteiger partial charge < -0.3 is 0 Å². The van der Waals surface area contributed by atoms with Gasteiger partial charge in [0, 0.05) is 11.4 Å². The van der Waals surface area contributed by atoms with Gasteiger partial charge in [-0.3, -0.25) is 4.72 Å². The van der Waals surface area contributed by atoms with Gasteiger partial charge in [-0.1, -0.05) is 24.9 Å². The second-order valence-electron chi connectivity index (χ2n) is 2.18. The van der Waals surface area contributed by atoms with Gasteiger partial charge in [0.05, 0.1) is 0 Å². The zero-order valence-electron chi connectivity index (χ0n) is 6.37. The van der Waals surface area contributed by atoms with Crippen molar-refractivity contribution in [2.75, 3.05) is 6.26 Å². The highest BCUT2D eigenvalue weighted by Crippen LogP contribution is 2.14. The molecule has 0 aromatic heterocycles. The molecule has 0 heterocycles. The average molecular weight is 185 g/mol. The van der Waals surface area contributed by atoms with Crippen molar-refractivity contribution < 1.29 is 0 Å². The summed E-state index contributed by atoms with van der Waals surface area (Å²) >= 11 is 5.68. The molecule has 0 atom stereocenters. The summed E-state index contributed by atoms with van der Waals surface area (Å²) in [5.74, 6) is 0. The van der Waals surface area contributed by atoms with Crippen LogP contribution in [0.3, 0.4) is 0 Å². The molecule has 0 amide bonds. The Bertz CT molecular complexity index is 208. The van der Waals surface area contributed by atoms with E-state index in [0.29, 0.717) is 0 Å². The van der Waals surface area contributed by atoms with Gasteiger partial charge in [-0.2, -0.15) is 0 Å². The Morgan fingerprint density at radius 2 is 2.00 bits per heavy atom. The molecule has 0 bridgehead atoms. The smallest absolute Gasteiger partial charge is 0.0307 e. The third kappa shape index (κ3) is 2.77. The third-order valence-electron chi connectivity index (χ3n) is 1.44. The minimum Gasteiger partial charge on any atom is -0.262 e. The van der Waals surface area contributed by atoms with Crippen molar-refractivity contribution in [2.24, 2.45) is 0 Å². The minimum atomic E-state index is 0.817. The van der Waals surface area contributed by atoms with Gasteiger partial charge >= 0.3 is 0 Å². The van der Waals surface area contributed by atoms with Crippen LogP contribution in [-0.4, -0.2) is 6.26 Å². The van der Waals surface area contributed by atoms with E-state index in [0.717, 1.165) is 6.54 Å². The molecule has 0 aliphatic carbocycles. The summed E-state index contributed by atoms with van der Waals surface area (Å²) in [6.45, 7) is 0.817. The van der Waals surface area contributed by atoms with E-state index in [1.54, 1.807) is 11.8 Å². The van der Waals surface area contributed by atoms with Crippen LogP contribution in [0.25, 0.3) is 0 Å². The van der Waals surface area contributed by atoms with Gasteiger partial charge in [-0.05, 0) is 24.0 Å². The lowest BCUT2D eigenvalue weighted by Crippen LogP contribution is -1.97. The largest absolute Gasteiger partial charge is 0.262 e. The molecule has 1 nitrogen and oxygen atoms in total. The Morgan fingerprint density at radius 1 is 1.36 bits per heavy atom. The van der Waals surface area contributed by atoms with Gasteiger partial charge in [-0.25, -0.2) is 0 Å². The van der Waals surface area contributed by atoms with Crippen LogP contribution in [0.1, 0.15) is 5.56 Å². The standard InChI is InChI=1S/C8H11NS2/c1-11-8-4-2-7(3-5-8)6-9-10/h2-5,9-10H,6H2,1H3. The van der Waals surface area contributed by atoms with Crippen LogP contribution < -0.4 is 4.72 Å². The molecule has 1 aromatic rings. The topological polar surface area (TPSA) is 12.0 Å². The lowest BCUT2D eigenvalue weighted by molar-refractivity contribution is 0.982. The summed E-state index contributed by atoms with van der Waals surface area (Å²) in [5.41, 5.74) is 1.26. The number of thiol groups is 1. The van der Waals surface area contributed by atoms with Crippen molar-refractivity contribution in [1.29, 1.82) is 0 Å². The zero-order valence-corrected chi connectivity index (χ0v) is 8.08. The van der Waals surface area contributed by atoms with E-state index in [4.69, 9.17) is 0 Å². The molecule has 0 aliphatic rings. The normalized spacial score (nSPS) is 10.0. The lowest BCUT2D eigenvalue weighted by Gasteiger charge is -1.99. The second-order valence-corrected chi connectivity index (χ2v) is 3.38. The Kier molecular flexibility index (Phi) is 3.83. The molecule has 0 saturated carbocycles. The predicted molar refractivity (Wildman–Crippen MR) is 54.0 cm³/mol. The summed E-state index contributed by atoms with van der Waals surface area (Å²) in [6, 6.07) is 8.44. The summed E-state index contributed by atoms with van der Waals surface area (Å²) in [4.78, 5) is 1.30. The summed E-state index contributed by atoms with van der Waals surface area (Å²) in [6.07, 6.45) is 2.08. The molecule has 1 rings (SSSR count). The lowest BCUT2D eigenvalue weighted by atomic mass is 10.2. The Balaban J connectivity index is 2.66. The molecule has 0 fully saturated rings. The maximum Gasteiger partial charge on any atom is 0.0307 e. The maximum atomic E-state index is 3.93. The van der Waals surface area contributed by atoms with Crippen LogP contribution >= 0.6 is 24.6 Å². The quantitative estimate of drug-likeness (QED) is 0.554. The monoisotopic (exact) mass is 185 g/mol. The molecule has 0 saturated heterocycles. The number of thioether (sulfide) groups is 1. The van der Waals surface area contributed by atoms with Crippen LogP contribution in [0, 0.1) is 0 Å². The first kappa shape index (κ1) is 8.97.